The van der Waals surface area contributed by atoms with Crippen molar-refractivity contribution in [1.82, 2.24) is 10.2 Å². The third-order valence-corrected chi connectivity index (χ3v) is 5.30. The smallest absolute Gasteiger partial charge is 0.253 e. The van der Waals surface area contributed by atoms with Gasteiger partial charge in [0, 0.05) is 43.3 Å². The quantitative estimate of drug-likeness (QED) is 0.867. The Balaban J connectivity index is 1.36. The summed E-state index contributed by atoms with van der Waals surface area (Å²) >= 11 is 0. The predicted octanol–water partition coefficient (Wildman–Crippen LogP) is 2.55. The normalized spacial score (nSPS) is 16.6. The third-order valence-electron chi connectivity index (χ3n) is 5.30. The molecule has 2 aromatic rings. The molecular weight excluding hydrogens is 354 g/mol. The van der Waals surface area contributed by atoms with Crippen LogP contribution in [-0.2, 0) is 0 Å². The van der Waals surface area contributed by atoms with E-state index in [1.807, 2.05) is 29.2 Å². The van der Waals surface area contributed by atoms with E-state index >= 15 is 0 Å². The molecule has 6 nitrogen and oxygen atoms in total. The Hall–Kier alpha value is -3.02. The van der Waals surface area contributed by atoms with Crippen LogP contribution in [0.3, 0.4) is 0 Å². The van der Waals surface area contributed by atoms with Crippen molar-refractivity contribution in [1.29, 1.82) is 0 Å². The molecule has 0 atom stereocenters. The lowest BCUT2D eigenvalue weighted by Gasteiger charge is -2.36. The molecule has 2 aliphatic rings. The highest BCUT2D eigenvalue weighted by atomic mass is 16.5. The molecule has 2 amide bonds. The summed E-state index contributed by atoms with van der Waals surface area (Å²) in [5.41, 5.74) is 2.28. The van der Waals surface area contributed by atoms with E-state index in [1.54, 1.807) is 31.4 Å². The first-order chi connectivity index (χ1) is 13.7. The molecule has 1 heterocycles. The fourth-order valence-electron chi connectivity index (χ4n) is 3.48. The van der Waals surface area contributed by atoms with Gasteiger partial charge in [-0.3, -0.25) is 9.59 Å². The van der Waals surface area contributed by atoms with Gasteiger partial charge in [0.05, 0.1) is 12.8 Å². The lowest BCUT2D eigenvalue weighted by atomic mass is 10.1. The van der Waals surface area contributed by atoms with E-state index in [0.717, 1.165) is 37.4 Å². The van der Waals surface area contributed by atoms with Gasteiger partial charge in [-0.1, -0.05) is 12.1 Å². The molecule has 28 heavy (non-hydrogen) atoms. The first-order valence-electron chi connectivity index (χ1n) is 9.74. The van der Waals surface area contributed by atoms with Gasteiger partial charge in [-0.25, -0.2) is 0 Å². The van der Waals surface area contributed by atoms with Crippen molar-refractivity contribution in [2.24, 2.45) is 0 Å². The van der Waals surface area contributed by atoms with Crippen LogP contribution < -0.4 is 15.0 Å². The number of carbonyl (C=O) groups excluding carboxylic acids is 2. The largest absolute Gasteiger partial charge is 0.495 e. The Morgan fingerprint density at radius 1 is 0.929 bits per heavy atom. The zero-order valence-corrected chi connectivity index (χ0v) is 16.1. The van der Waals surface area contributed by atoms with Crippen LogP contribution in [0.4, 0.5) is 5.69 Å². The molecule has 0 unspecified atom stereocenters. The van der Waals surface area contributed by atoms with Gasteiger partial charge in [-0.05, 0) is 49.2 Å². The van der Waals surface area contributed by atoms with Crippen molar-refractivity contribution in [2.45, 2.75) is 18.9 Å². The molecule has 2 aromatic carbocycles. The standard InChI is InChI=1S/C22H25N3O3/c1-28-20-5-3-2-4-19(20)24-12-14-25(15-13-24)22(27)17-8-6-16(7-9-17)21(26)23-18-10-11-18/h2-9,18H,10-15H2,1H3,(H,23,26). The van der Waals surface area contributed by atoms with Crippen molar-refractivity contribution in [2.75, 3.05) is 38.2 Å². The van der Waals surface area contributed by atoms with Gasteiger partial charge in [0.2, 0.25) is 0 Å². The molecule has 4 rings (SSSR count). The fourth-order valence-corrected chi connectivity index (χ4v) is 3.48. The van der Waals surface area contributed by atoms with Gasteiger partial charge >= 0.3 is 0 Å². The topological polar surface area (TPSA) is 61.9 Å². The van der Waals surface area contributed by atoms with E-state index in [4.69, 9.17) is 4.74 Å². The molecule has 0 radical (unpaired) electrons. The van der Waals surface area contributed by atoms with E-state index in [9.17, 15) is 9.59 Å². The molecule has 1 aliphatic heterocycles. The average molecular weight is 379 g/mol. The number of ether oxygens (including phenoxy) is 1. The van der Waals surface area contributed by atoms with Crippen molar-refractivity contribution in [3.05, 3.63) is 59.7 Å². The molecule has 2 fully saturated rings. The summed E-state index contributed by atoms with van der Waals surface area (Å²) in [7, 11) is 1.67. The van der Waals surface area contributed by atoms with Crippen LogP contribution in [-0.4, -0.2) is 56.0 Å². The molecule has 0 bridgehead atoms. The molecule has 1 saturated carbocycles. The third kappa shape index (κ3) is 3.96. The number of nitrogens with zero attached hydrogens (tertiary/aromatic N) is 2. The number of amides is 2. The predicted molar refractivity (Wildman–Crippen MR) is 108 cm³/mol. The van der Waals surface area contributed by atoms with Crippen molar-refractivity contribution in [3.8, 4) is 5.75 Å². The minimum atomic E-state index is -0.0630. The van der Waals surface area contributed by atoms with Crippen LogP contribution >= 0.6 is 0 Å². The highest BCUT2D eigenvalue weighted by Gasteiger charge is 2.25. The molecular formula is C22H25N3O3. The van der Waals surface area contributed by atoms with E-state index in [2.05, 4.69) is 10.2 Å². The molecule has 0 spiro atoms. The van der Waals surface area contributed by atoms with Crippen LogP contribution in [0, 0.1) is 0 Å². The van der Waals surface area contributed by atoms with Crippen molar-refractivity contribution < 1.29 is 14.3 Å². The lowest BCUT2D eigenvalue weighted by Crippen LogP contribution is -2.48. The maximum absolute atomic E-state index is 12.8. The van der Waals surface area contributed by atoms with Gasteiger partial charge in [0.1, 0.15) is 5.75 Å². The summed E-state index contributed by atoms with van der Waals surface area (Å²) in [6, 6.07) is 15.2. The summed E-state index contributed by atoms with van der Waals surface area (Å²) in [5.74, 6) is 0.795. The van der Waals surface area contributed by atoms with Crippen LogP contribution in [0.25, 0.3) is 0 Å². The number of hydrogen-bond acceptors (Lipinski definition) is 4. The Labute approximate surface area is 165 Å². The first kappa shape index (κ1) is 18.3. The average Bonchev–Trinajstić information content (AvgIpc) is 3.57. The molecule has 0 aromatic heterocycles. The van der Waals surface area contributed by atoms with E-state index in [-0.39, 0.29) is 11.8 Å². The zero-order valence-electron chi connectivity index (χ0n) is 16.1. The molecule has 1 aliphatic carbocycles. The van der Waals surface area contributed by atoms with Gasteiger partial charge in [-0.15, -0.1) is 0 Å². The van der Waals surface area contributed by atoms with Gasteiger partial charge < -0.3 is 19.9 Å². The first-order valence-corrected chi connectivity index (χ1v) is 9.74. The Morgan fingerprint density at radius 3 is 2.21 bits per heavy atom. The number of nitrogens with one attached hydrogen (secondary N) is 1. The summed E-state index contributed by atoms with van der Waals surface area (Å²) < 4.78 is 5.45. The number of piperazine rings is 1. The number of rotatable bonds is 5. The number of anilines is 1. The van der Waals surface area contributed by atoms with Gasteiger partial charge in [-0.2, -0.15) is 0 Å². The van der Waals surface area contributed by atoms with E-state index in [0.29, 0.717) is 30.3 Å². The second-order valence-electron chi connectivity index (χ2n) is 7.28. The maximum atomic E-state index is 12.8. The highest BCUT2D eigenvalue weighted by molar-refractivity contribution is 5.98. The highest BCUT2D eigenvalue weighted by Crippen LogP contribution is 2.28. The molecule has 146 valence electrons. The van der Waals surface area contributed by atoms with Crippen molar-refractivity contribution in [3.63, 3.8) is 0 Å². The number of para-hydroxylation sites is 2. The second kappa shape index (κ2) is 7.92. The van der Waals surface area contributed by atoms with Crippen LogP contribution in [0.1, 0.15) is 33.6 Å². The lowest BCUT2D eigenvalue weighted by molar-refractivity contribution is 0.0746. The van der Waals surface area contributed by atoms with Gasteiger partial charge in [0.25, 0.3) is 11.8 Å². The Bertz CT molecular complexity index is 854. The summed E-state index contributed by atoms with van der Waals surface area (Å²) in [6.07, 6.45) is 2.12. The summed E-state index contributed by atoms with van der Waals surface area (Å²) in [4.78, 5) is 29.0. The Kier molecular flexibility index (Phi) is 5.19. The van der Waals surface area contributed by atoms with Crippen LogP contribution in [0.15, 0.2) is 48.5 Å². The zero-order chi connectivity index (χ0) is 19.5. The van der Waals surface area contributed by atoms with E-state index in [1.165, 1.54) is 0 Å². The number of benzene rings is 2. The minimum absolute atomic E-state index is 0.00817. The van der Waals surface area contributed by atoms with Crippen molar-refractivity contribution >= 4 is 17.5 Å². The number of methoxy groups -OCH3 is 1. The molecule has 1 saturated heterocycles. The summed E-state index contributed by atoms with van der Waals surface area (Å²) in [6.45, 7) is 2.82. The van der Waals surface area contributed by atoms with Gasteiger partial charge in [0.15, 0.2) is 0 Å². The SMILES string of the molecule is COc1ccccc1N1CCN(C(=O)c2ccc(C(=O)NC3CC3)cc2)CC1. The summed E-state index contributed by atoms with van der Waals surface area (Å²) in [5, 5.41) is 2.96. The van der Waals surface area contributed by atoms with E-state index < -0.39 is 0 Å². The second-order valence-corrected chi connectivity index (χ2v) is 7.28. The number of carbonyl (C=O) groups is 2. The molecule has 1 N–H and O–H groups in total. The molecule has 6 heteroatoms. The minimum Gasteiger partial charge on any atom is -0.495 e. The fraction of sp³-hybridized carbons (Fsp3) is 0.364. The monoisotopic (exact) mass is 379 g/mol. The van der Waals surface area contributed by atoms with Crippen LogP contribution in [0.2, 0.25) is 0 Å². The Morgan fingerprint density at radius 2 is 1.57 bits per heavy atom. The van der Waals surface area contributed by atoms with Crippen LogP contribution in [0.5, 0.6) is 5.75 Å². The number of hydrogen-bond donors (Lipinski definition) is 1. The maximum Gasteiger partial charge on any atom is 0.253 e.